The normalized spacial score (nSPS) is 9.14. The Labute approximate surface area is 93.6 Å². The fourth-order valence-corrected chi connectivity index (χ4v) is 1.50. The number of benzene rings is 1. The second-order valence-corrected chi connectivity index (χ2v) is 4.03. The lowest BCUT2D eigenvalue weighted by Crippen LogP contribution is -2.24. The summed E-state index contributed by atoms with van der Waals surface area (Å²) in [7, 11) is 0. The number of para-hydroxylation sites is 1. The summed E-state index contributed by atoms with van der Waals surface area (Å²) in [5.41, 5.74) is 1.12. The van der Waals surface area contributed by atoms with Crippen molar-refractivity contribution in [3.8, 4) is 12.3 Å². The highest BCUT2D eigenvalue weighted by molar-refractivity contribution is 9.11. The summed E-state index contributed by atoms with van der Waals surface area (Å²) in [5, 5.41) is 0. The molecule has 0 heterocycles. The predicted octanol–water partition coefficient (Wildman–Crippen LogP) is 3.03. The maximum absolute atomic E-state index is 5.31. The largest absolute Gasteiger partial charge is 0.356 e. The molecule has 72 valence electrons. The quantitative estimate of drug-likeness (QED) is 0.742. The van der Waals surface area contributed by atoms with Crippen molar-refractivity contribution >= 4 is 21.6 Å². The Kier molecular flexibility index (Phi) is 4.28. The molecule has 0 atom stereocenters. The van der Waals surface area contributed by atoms with Crippen molar-refractivity contribution in [2.75, 3.05) is 18.0 Å². The average molecular weight is 250 g/mol. The molecule has 0 amide bonds. The number of rotatable bonds is 4. The molecule has 0 bridgehead atoms. The molecule has 14 heavy (non-hydrogen) atoms. The van der Waals surface area contributed by atoms with Gasteiger partial charge >= 0.3 is 0 Å². The molecule has 0 aliphatic rings. The summed E-state index contributed by atoms with van der Waals surface area (Å²) in [6.07, 6.45) is 5.31. The smallest absolute Gasteiger partial charge is 0.0795 e. The van der Waals surface area contributed by atoms with Crippen LogP contribution >= 0.6 is 15.9 Å². The minimum Gasteiger partial charge on any atom is -0.356 e. The summed E-state index contributed by atoms with van der Waals surface area (Å²) >= 11 is 3.34. The molecule has 1 aromatic carbocycles. The highest BCUT2D eigenvalue weighted by Crippen LogP contribution is 2.15. The molecule has 0 radical (unpaired) electrons. The van der Waals surface area contributed by atoms with E-state index in [0.29, 0.717) is 6.54 Å². The molecule has 0 fully saturated rings. The maximum atomic E-state index is 5.31. The summed E-state index contributed by atoms with van der Waals surface area (Å²) in [5.74, 6) is 2.64. The van der Waals surface area contributed by atoms with Crippen LogP contribution in [-0.4, -0.2) is 13.1 Å². The Morgan fingerprint density at radius 3 is 2.57 bits per heavy atom. The van der Waals surface area contributed by atoms with Gasteiger partial charge in [-0.2, -0.15) is 0 Å². The molecule has 1 rings (SSSR count). The number of terminal acetylenes is 1. The molecular formula is C12H12BrN. The number of halogens is 1. The average Bonchev–Trinajstić information content (AvgIpc) is 2.18. The maximum Gasteiger partial charge on any atom is 0.0795 e. The van der Waals surface area contributed by atoms with E-state index < -0.39 is 0 Å². The van der Waals surface area contributed by atoms with Crippen LogP contribution in [0.5, 0.6) is 0 Å². The van der Waals surface area contributed by atoms with Gasteiger partial charge in [0, 0.05) is 16.7 Å². The van der Waals surface area contributed by atoms with Gasteiger partial charge in [-0.25, -0.2) is 0 Å². The van der Waals surface area contributed by atoms with Crippen LogP contribution in [0.2, 0.25) is 0 Å². The third-order valence-corrected chi connectivity index (χ3v) is 2.02. The first-order valence-corrected chi connectivity index (χ1v) is 5.10. The highest BCUT2D eigenvalue weighted by Gasteiger charge is 2.03. The Bertz CT molecular complexity index is 337. The Hall–Kier alpha value is -1.20. The van der Waals surface area contributed by atoms with E-state index in [0.717, 1.165) is 16.7 Å². The molecule has 1 nitrogen and oxygen atoms in total. The molecule has 0 aromatic heterocycles. The molecule has 1 aromatic rings. The second kappa shape index (κ2) is 5.51. The molecule has 2 heteroatoms. The van der Waals surface area contributed by atoms with E-state index in [9.17, 15) is 0 Å². The van der Waals surface area contributed by atoms with Gasteiger partial charge in [0.2, 0.25) is 0 Å². The van der Waals surface area contributed by atoms with Crippen LogP contribution in [0, 0.1) is 12.3 Å². The van der Waals surface area contributed by atoms with E-state index in [4.69, 9.17) is 6.42 Å². The predicted molar refractivity (Wildman–Crippen MR) is 65.6 cm³/mol. The first-order valence-electron chi connectivity index (χ1n) is 4.31. The highest BCUT2D eigenvalue weighted by atomic mass is 79.9. The zero-order chi connectivity index (χ0) is 10.4. The first kappa shape index (κ1) is 10.9. The summed E-state index contributed by atoms with van der Waals surface area (Å²) in [6, 6.07) is 10.0. The van der Waals surface area contributed by atoms with Crippen LogP contribution in [0.3, 0.4) is 0 Å². The van der Waals surface area contributed by atoms with E-state index in [-0.39, 0.29) is 0 Å². The van der Waals surface area contributed by atoms with Gasteiger partial charge in [-0.05, 0) is 12.1 Å². The minimum atomic E-state index is 0.592. The van der Waals surface area contributed by atoms with Crippen molar-refractivity contribution < 1.29 is 0 Å². The Balaban J connectivity index is 2.78. The van der Waals surface area contributed by atoms with Crippen molar-refractivity contribution in [1.82, 2.24) is 0 Å². The Morgan fingerprint density at radius 2 is 2.07 bits per heavy atom. The van der Waals surface area contributed by atoms with Crippen LogP contribution in [-0.2, 0) is 0 Å². The van der Waals surface area contributed by atoms with Gasteiger partial charge in [0.1, 0.15) is 0 Å². The summed E-state index contributed by atoms with van der Waals surface area (Å²) in [6.45, 7) is 5.13. The molecule has 0 saturated heterocycles. The van der Waals surface area contributed by atoms with Crippen LogP contribution in [0.15, 0.2) is 41.4 Å². The van der Waals surface area contributed by atoms with Crippen molar-refractivity contribution in [2.24, 2.45) is 0 Å². The fourth-order valence-electron chi connectivity index (χ4n) is 1.19. The molecule has 0 aliphatic carbocycles. The molecule has 0 unspecified atom stereocenters. The lowest BCUT2D eigenvalue weighted by atomic mass is 10.3. The monoisotopic (exact) mass is 249 g/mol. The number of hydrogen-bond acceptors (Lipinski definition) is 1. The second-order valence-electron chi connectivity index (χ2n) is 2.91. The van der Waals surface area contributed by atoms with Crippen molar-refractivity contribution in [2.45, 2.75) is 0 Å². The van der Waals surface area contributed by atoms with E-state index >= 15 is 0 Å². The number of hydrogen-bond donors (Lipinski definition) is 0. The summed E-state index contributed by atoms with van der Waals surface area (Å²) in [4.78, 5) is 2.08. The number of nitrogens with zero attached hydrogens (tertiary/aromatic N) is 1. The van der Waals surface area contributed by atoms with Crippen molar-refractivity contribution in [1.29, 1.82) is 0 Å². The SMILES string of the molecule is C#CCN(CC(=C)Br)c1ccccc1. The molecule has 0 aliphatic heterocycles. The van der Waals surface area contributed by atoms with Crippen molar-refractivity contribution in [3.05, 3.63) is 41.4 Å². The molecule has 0 N–H and O–H groups in total. The van der Waals surface area contributed by atoms with E-state index in [1.807, 2.05) is 30.3 Å². The lowest BCUT2D eigenvalue weighted by Gasteiger charge is -2.21. The molecular weight excluding hydrogens is 238 g/mol. The molecule has 0 saturated carbocycles. The van der Waals surface area contributed by atoms with Crippen LogP contribution < -0.4 is 4.90 Å². The standard InChI is InChI=1S/C12H12BrN/c1-3-9-14(10-11(2)13)12-7-5-4-6-8-12/h1,4-8H,2,9-10H2. The lowest BCUT2D eigenvalue weighted by molar-refractivity contribution is 0.966. The van der Waals surface area contributed by atoms with Gasteiger partial charge in [-0.15, -0.1) is 6.42 Å². The van der Waals surface area contributed by atoms with Gasteiger partial charge in [-0.1, -0.05) is 46.6 Å². The third-order valence-electron chi connectivity index (χ3n) is 1.77. The van der Waals surface area contributed by atoms with Crippen LogP contribution in [0.4, 0.5) is 5.69 Å². The van der Waals surface area contributed by atoms with E-state index in [1.165, 1.54) is 0 Å². The minimum absolute atomic E-state index is 0.592. The van der Waals surface area contributed by atoms with Gasteiger partial charge in [0.15, 0.2) is 0 Å². The van der Waals surface area contributed by atoms with Crippen LogP contribution in [0.1, 0.15) is 0 Å². The van der Waals surface area contributed by atoms with E-state index in [1.54, 1.807) is 0 Å². The number of anilines is 1. The fraction of sp³-hybridized carbons (Fsp3) is 0.167. The van der Waals surface area contributed by atoms with Gasteiger partial charge in [-0.3, -0.25) is 0 Å². The molecule has 0 spiro atoms. The van der Waals surface area contributed by atoms with Gasteiger partial charge in [0.05, 0.1) is 6.54 Å². The summed E-state index contributed by atoms with van der Waals surface area (Å²) < 4.78 is 0.927. The first-order chi connectivity index (χ1) is 6.74. The van der Waals surface area contributed by atoms with Gasteiger partial charge in [0.25, 0.3) is 0 Å². The topological polar surface area (TPSA) is 3.24 Å². The van der Waals surface area contributed by atoms with Crippen LogP contribution in [0.25, 0.3) is 0 Å². The zero-order valence-corrected chi connectivity index (χ0v) is 9.50. The Morgan fingerprint density at radius 1 is 1.43 bits per heavy atom. The third kappa shape index (κ3) is 3.27. The van der Waals surface area contributed by atoms with E-state index in [2.05, 4.69) is 33.3 Å². The van der Waals surface area contributed by atoms with Gasteiger partial charge < -0.3 is 4.90 Å². The zero-order valence-electron chi connectivity index (χ0n) is 7.91. The van der Waals surface area contributed by atoms with Crippen molar-refractivity contribution in [3.63, 3.8) is 0 Å².